The average molecular weight is 420 g/mol. The zero-order chi connectivity index (χ0) is 22.4. The summed E-state index contributed by atoms with van der Waals surface area (Å²) in [6.07, 6.45) is 17.8. The van der Waals surface area contributed by atoms with E-state index < -0.39 is 0 Å². The Balaban J connectivity index is 0.000000303. The molecular formula is C24H41N3O3. The summed E-state index contributed by atoms with van der Waals surface area (Å²) in [6.45, 7) is 5.89. The number of unbranched alkanes of at least 4 members (excludes halogenated alkanes) is 3. The van der Waals surface area contributed by atoms with Crippen LogP contribution in [-0.4, -0.2) is 73.1 Å². The number of carbonyl (C=O) groups excluding carboxylic acids is 3. The van der Waals surface area contributed by atoms with Gasteiger partial charge in [0.15, 0.2) is 0 Å². The zero-order valence-corrected chi connectivity index (χ0v) is 19.3. The maximum absolute atomic E-state index is 10.6. The molecule has 2 aliphatic rings. The molecular weight excluding hydrogens is 378 g/mol. The monoisotopic (exact) mass is 419 g/mol. The first-order chi connectivity index (χ1) is 14.5. The van der Waals surface area contributed by atoms with Gasteiger partial charge in [-0.15, -0.1) is 0 Å². The Morgan fingerprint density at radius 3 is 2.40 bits per heavy atom. The van der Waals surface area contributed by atoms with Crippen molar-refractivity contribution in [2.75, 3.05) is 27.2 Å². The van der Waals surface area contributed by atoms with E-state index in [1.165, 1.54) is 42.6 Å². The smallest absolute Gasteiger partial charge is 0.213 e. The van der Waals surface area contributed by atoms with Crippen molar-refractivity contribution in [1.82, 2.24) is 14.7 Å². The van der Waals surface area contributed by atoms with Crippen molar-refractivity contribution in [1.29, 1.82) is 0 Å². The molecule has 0 aliphatic carbocycles. The van der Waals surface area contributed by atoms with Crippen LogP contribution in [0.4, 0.5) is 0 Å². The van der Waals surface area contributed by atoms with Crippen molar-refractivity contribution in [2.45, 2.75) is 77.3 Å². The number of hydrogen-bond acceptors (Lipinski definition) is 4. The van der Waals surface area contributed by atoms with E-state index in [0.717, 1.165) is 63.5 Å². The number of carbonyl (C=O) groups is 3. The largest absolute Gasteiger partial charge is 0.345 e. The second-order valence-electron chi connectivity index (χ2n) is 8.51. The summed E-state index contributed by atoms with van der Waals surface area (Å²) >= 11 is 0. The average Bonchev–Trinajstić information content (AvgIpc) is 3.36. The molecule has 0 saturated carbocycles. The van der Waals surface area contributed by atoms with Crippen molar-refractivity contribution in [3.63, 3.8) is 0 Å². The van der Waals surface area contributed by atoms with Crippen LogP contribution in [0.3, 0.4) is 0 Å². The minimum Gasteiger partial charge on any atom is -0.345 e. The summed E-state index contributed by atoms with van der Waals surface area (Å²) in [7, 11) is 3.94. The lowest BCUT2D eigenvalue weighted by molar-refractivity contribution is -0.117. The number of nitrogens with zero attached hydrogens (tertiary/aromatic N) is 3. The molecule has 2 fully saturated rings. The molecule has 6 heteroatoms. The van der Waals surface area contributed by atoms with Gasteiger partial charge in [0.25, 0.3) is 0 Å². The number of aldehydes is 1. The summed E-state index contributed by atoms with van der Waals surface area (Å²) in [5.74, 6) is 0.395. The van der Waals surface area contributed by atoms with Gasteiger partial charge < -0.3 is 19.5 Å². The van der Waals surface area contributed by atoms with E-state index in [2.05, 4.69) is 18.9 Å². The summed E-state index contributed by atoms with van der Waals surface area (Å²) in [5.41, 5.74) is 1.18. The highest BCUT2D eigenvalue weighted by Gasteiger charge is 2.26. The molecule has 0 spiro atoms. The van der Waals surface area contributed by atoms with Crippen LogP contribution in [0.2, 0.25) is 0 Å². The molecule has 1 unspecified atom stereocenters. The minimum atomic E-state index is 0.395. The highest BCUT2D eigenvalue weighted by molar-refractivity contribution is 5.49. The second kappa shape index (κ2) is 14.9. The van der Waals surface area contributed by atoms with Gasteiger partial charge >= 0.3 is 0 Å². The molecule has 0 radical (unpaired) electrons. The summed E-state index contributed by atoms with van der Waals surface area (Å²) in [6, 6.07) is 1.58. The third-order valence-electron chi connectivity index (χ3n) is 6.39. The van der Waals surface area contributed by atoms with Crippen molar-refractivity contribution in [2.24, 2.45) is 5.92 Å². The van der Waals surface area contributed by atoms with Crippen LogP contribution in [0, 0.1) is 5.92 Å². The summed E-state index contributed by atoms with van der Waals surface area (Å²) in [4.78, 5) is 36.9. The van der Waals surface area contributed by atoms with Crippen molar-refractivity contribution in [3.8, 4) is 0 Å². The molecule has 6 nitrogen and oxygen atoms in total. The van der Waals surface area contributed by atoms with E-state index in [-0.39, 0.29) is 0 Å². The second-order valence-corrected chi connectivity index (χ2v) is 8.51. The summed E-state index contributed by atoms with van der Waals surface area (Å²) in [5, 5.41) is 0. The van der Waals surface area contributed by atoms with Gasteiger partial charge in [-0.25, -0.2) is 0 Å². The van der Waals surface area contributed by atoms with E-state index in [4.69, 9.17) is 0 Å². The predicted octanol–water partition coefficient (Wildman–Crippen LogP) is 3.63. The zero-order valence-electron chi connectivity index (χ0n) is 19.3. The van der Waals surface area contributed by atoms with Gasteiger partial charge in [-0.1, -0.05) is 18.9 Å². The molecule has 2 rings (SSSR count). The molecule has 170 valence electrons. The van der Waals surface area contributed by atoms with Crippen molar-refractivity contribution >= 4 is 19.1 Å². The summed E-state index contributed by atoms with van der Waals surface area (Å²) < 4.78 is 0. The Labute approximate surface area is 183 Å². The van der Waals surface area contributed by atoms with E-state index in [9.17, 15) is 14.4 Å². The molecule has 0 aromatic heterocycles. The standard InChI is InChI=1S/C12H18N2O2.C12H23NO/c1-3-11(4-6-13(2)9-15)12-5-7-14(8-12)10-16;1-11-8-9-12(13(11)2)7-5-3-4-6-10-14/h3-4,6,9-10,12H,5,7-8H2,1-2H3;10-12H,3-9H2,1-2H3/b6-4-,11-3+;/t;11-,12+/m.1/s1. The van der Waals surface area contributed by atoms with E-state index in [0.29, 0.717) is 5.92 Å². The van der Waals surface area contributed by atoms with Gasteiger partial charge in [-0.2, -0.15) is 0 Å². The Bertz CT molecular complexity index is 576. The fraction of sp³-hybridized carbons (Fsp3) is 0.708. The molecule has 3 atom stereocenters. The predicted molar refractivity (Wildman–Crippen MR) is 122 cm³/mol. The number of likely N-dealkylation sites (tertiary alicyclic amines) is 2. The molecule has 0 aromatic rings. The maximum Gasteiger partial charge on any atom is 0.213 e. The molecule has 0 N–H and O–H groups in total. The van der Waals surface area contributed by atoms with E-state index in [1.54, 1.807) is 18.1 Å². The molecule has 2 amide bonds. The van der Waals surface area contributed by atoms with Gasteiger partial charge in [-0.05, 0) is 64.6 Å². The van der Waals surface area contributed by atoms with Gasteiger partial charge in [0.2, 0.25) is 12.8 Å². The fourth-order valence-electron chi connectivity index (χ4n) is 4.20. The lowest BCUT2D eigenvalue weighted by Gasteiger charge is -2.23. The van der Waals surface area contributed by atoms with Crippen LogP contribution in [0.25, 0.3) is 0 Å². The first-order valence-electron chi connectivity index (χ1n) is 11.3. The van der Waals surface area contributed by atoms with Crippen LogP contribution in [-0.2, 0) is 14.4 Å². The lowest BCUT2D eigenvalue weighted by atomic mass is 9.98. The highest BCUT2D eigenvalue weighted by atomic mass is 16.1. The minimum absolute atomic E-state index is 0.395. The molecule has 2 aliphatic heterocycles. The van der Waals surface area contributed by atoms with Gasteiger partial charge in [0, 0.05) is 50.8 Å². The number of amides is 2. The lowest BCUT2D eigenvalue weighted by Crippen LogP contribution is -2.30. The third kappa shape index (κ3) is 9.24. The fourth-order valence-corrected chi connectivity index (χ4v) is 4.20. The first kappa shape index (κ1) is 26.1. The Hall–Kier alpha value is -1.95. The highest BCUT2D eigenvalue weighted by Crippen LogP contribution is 2.25. The van der Waals surface area contributed by atoms with Crippen LogP contribution in [0.15, 0.2) is 23.9 Å². The van der Waals surface area contributed by atoms with Crippen LogP contribution in [0.1, 0.15) is 65.2 Å². The molecule has 30 heavy (non-hydrogen) atoms. The normalized spacial score (nSPS) is 24.6. The third-order valence-corrected chi connectivity index (χ3v) is 6.39. The van der Waals surface area contributed by atoms with Crippen LogP contribution < -0.4 is 0 Å². The number of rotatable bonds is 11. The van der Waals surface area contributed by atoms with Gasteiger partial charge in [0.1, 0.15) is 6.29 Å². The van der Waals surface area contributed by atoms with Crippen LogP contribution in [0.5, 0.6) is 0 Å². The van der Waals surface area contributed by atoms with Crippen molar-refractivity contribution < 1.29 is 14.4 Å². The Morgan fingerprint density at radius 1 is 1.10 bits per heavy atom. The Morgan fingerprint density at radius 2 is 1.87 bits per heavy atom. The van der Waals surface area contributed by atoms with E-state index >= 15 is 0 Å². The maximum atomic E-state index is 10.6. The number of allylic oxidation sites excluding steroid dienone is 2. The molecule has 0 bridgehead atoms. The number of hydrogen-bond donors (Lipinski definition) is 0. The van der Waals surface area contributed by atoms with Crippen LogP contribution >= 0.6 is 0 Å². The Kier molecular flexibility index (Phi) is 13.0. The molecule has 2 heterocycles. The SMILES string of the molecule is C/C=C(\C=C/N(C)C=O)C1CCN(C=O)C1.C[C@@H]1CC[C@H](CCCCCC=O)N1C. The first-order valence-corrected chi connectivity index (χ1v) is 11.3. The van der Waals surface area contributed by atoms with Crippen molar-refractivity contribution in [3.05, 3.63) is 23.9 Å². The quantitative estimate of drug-likeness (QED) is 0.291. The topological polar surface area (TPSA) is 60.9 Å². The van der Waals surface area contributed by atoms with Gasteiger partial charge in [0.05, 0.1) is 0 Å². The molecule has 0 aromatic carbocycles. The van der Waals surface area contributed by atoms with E-state index in [1.807, 2.05) is 19.1 Å². The molecule has 2 saturated heterocycles. The van der Waals surface area contributed by atoms with Gasteiger partial charge in [-0.3, -0.25) is 9.59 Å².